The van der Waals surface area contributed by atoms with Gasteiger partial charge in [-0.25, -0.2) is 9.97 Å². The van der Waals surface area contributed by atoms with Crippen LogP contribution >= 0.6 is 23.2 Å². The van der Waals surface area contributed by atoms with Crippen LogP contribution in [0.4, 0.5) is 11.6 Å². The van der Waals surface area contributed by atoms with Crippen LogP contribution in [-0.4, -0.2) is 71.0 Å². The molecule has 0 spiro atoms. The maximum Gasteiger partial charge on any atom is 0.225 e. The number of hydrogen-bond donors (Lipinski definition) is 2. The van der Waals surface area contributed by atoms with Crippen molar-refractivity contribution in [3.05, 3.63) is 69.7 Å². The summed E-state index contributed by atoms with van der Waals surface area (Å²) in [4.78, 5) is 17.8. The zero-order chi connectivity index (χ0) is 25.1. The van der Waals surface area contributed by atoms with Crippen LogP contribution < -0.4 is 15.4 Å². The number of halogens is 2. The third-order valence-corrected chi connectivity index (χ3v) is 7.16. The van der Waals surface area contributed by atoms with Gasteiger partial charge in [0.2, 0.25) is 5.95 Å². The van der Waals surface area contributed by atoms with Crippen molar-refractivity contribution in [1.29, 1.82) is 5.41 Å². The lowest BCUT2D eigenvalue weighted by atomic mass is 10.0. The second-order valence-corrected chi connectivity index (χ2v) is 9.65. The molecule has 0 saturated carbocycles. The first-order valence-corrected chi connectivity index (χ1v) is 12.5. The molecule has 0 aliphatic carbocycles. The Morgan fingerprint density at radius 3 is 2.50 bits per heavy atom. The maximum atomic E-state index is 8.73. The molecule has 2 aliphatic heterocycles. The molecule has 2 fully saturated rings. The van der Waals surface area contributed by atoms with E-state index in [1.807, 2.05) is 0 Å². The fraction of sp³-hybridized carbons (Fsp3) is 0.360. The average Bonchev–Trinajstić information content (AvgIpc) is 3.09. The molecule has 0 bridgehead atoms. The molecule has 0 amide bonds. The molecule has 2 saturated heterocycles. The molecule has 5 rings (SSSR count). The molecular weight excluding hydrogens is 501 g/mol. The molecular formula is C25H27Cl2N7O2. The fourth-order valence-corrected chi connectivity index (χ4v) is 4.75. The first kappa shape index (κ1) is 24.7. The summed E-state index contributed by atoms with van der Waals surface area (Å²) in [6.07, 6.45) is 7.44. The summed E-state index contributed by atoms with van der Waals surface area (Å²) in [7, 11) is 0. The normalized spacial score (nSPS) is 16.9. The van der Waals surface area contributed by atoms with Gasteiger partial charge in [-0.3, -0.25) is 15.3 Å². The van der Waals surface area contributed by atoms with E-state index in [0.29, 0.717) is 50.2 Å². The van der Waals surface area contributed by atoms with Crippen LogP contribution in [0, 0.1) is 5.41 Å². The number of rotatable bonds is 7. The number of nitrogens with one attached hydrogen (secondary N) is 1. The molecule has 4 heterocycles. The van der Waals surface area contributed by atoms with E-state index < -0.39 is 0 Å². The minimum Gasteiger partial charge on any atom is -0.489 e. The molecule has 188 valence electrons. The van der Waals surface area contributed by atoms with Crippen LogP contribution in [0.15, 0.2) is 43.0 Å². The van der Waals surface area contributed by atoms with Gasteiger partial charge in [-0.2, -0.15) is 0 Å². The van der Waals surface area contributed by atoms with Crippen LogP contribution in [0.1, 0.15) is 23.1 Å². The van der Waals surface area contributed by atoms with Crippen molar-refractivity contribution in [2.75, 3.05) is 50.0 Å². The zero-order valence-corrected chi connectivity index (χ0v) is 21.2. The van der Waals surface area contributed by atoms with Crippen molar-refractivity contribution in [2.24, 2.45) is 0 Å². The Balaban J connectivity index is 1.26. The molecule has 9 nitrogen and oxygen atoms in total. The van der Waals surface area contributed by atoms with Gasteiger partial charge in [0.1, 0.15) is 12.4 Å². The number of hydrogen-bond acceptors (Lipinski definition) is 9. The quantitative estimate of drug-likeness (QED) is 0.353. The van der Waals surface area contributed by atoms with Crippen molar-refractivity contribution in [2.45, 2.75) is 19.1 Å². The number of anilines is 2. The minimum atomic E-state index is 0.162. The van der Waals surface area contributed by atoms with Crippen molar-refractivity contribution in [3.63, 3.8) is 0 Å². The first-order valence-electron chi connectivity index (χ1n) is 11.8. The lowest BCUT2D eigenvalue weighted by Gasteiger charge is -2.36. The number of aromatic nitrogens is 3. The zero-order valence-electron chi connectivity index (χ0n) is 19.7. The highest BCUT2D eigenvalue weighted by atomic mass is 35.5. The molecule has 0 atom stereocenters. The van der Waals surface area contributed by atoms with Gasteiger partial charge in [0, 0.05) is 73.3 Å². The average molecular weight is 528 g/mol. The van der Waals surface area contributed by atoms with Gasteiger partial charge in [-0.05, 0) is 24.6 Å². The van der Waals surface area contributed by atoms with Crippen molar-refractivity contribution >= 4 is 40.5 Å². The molecule has 0 radical (unpaired) electrons. The third kappa shape index (κ3) is 5.39. The molecule has 11 heteroatoms. The van der Waals surface area contributed by atoms with Crippen molar-refractivity contribution in [3.8, 4) is 5.75 Å². The van der Waals surface area contributed by atoms with Gasteiger partial charge in [0.25, 0.3) is 0 Å². The Hall–Kier alpha value is -2.98. The summed E-state index contributed by atoms with van der Waals surface area (Å²) in [5.74, 6) is 1.21. The summed E-state index contributed by atoms with van der Waals surface area (Å²) >= 11 is 12.4. The Labute approximate surface area is 219 Å². The Kier molecular flexibility index (Phi) is 7.52. The molecule has 3 aromatic rings. The SMILES string of the molecule is N=C(c1cnc(N2CCCN(C3COC3)CC2)nc1)c1cc(OCc2c(Cl)cncc2Cl)ccc1N. The van der Waals surface area contributed by atoms with Gasteiger partial charge in [0.15, 0.2) is 0 Å². The van der Waals surface area contributed by atoms with Gasteiger partial charge in [-0.1, -0.05) is 23.2 Å². The van der Waals surface area contributed by atoms with E-state index in [4.69, 9.17) is 43.8 Å². The Morgan fingerprint density at radius 2 is 1.81 bits per heavy atom. The highest BCUT2D eigenvalue weighted by molar-refractivity contribution is 6.35. The third-order valence-electron chi connectivity index (χ3n) is 6.51. The van der Waals surface area contributed by atoms with E-state index in [1.165, 1.54) is 12.4 Å². The topological polar surface area (TPSA) is 113 Å². The molecule has 1 aromatic carbocycles. The summed E-state index contributed by atoms with van der Waals surface area (Å²) in [6.45, 7) is 5.61. The number of ether oxygens (including phenoxy) is 2. The molecule has 2 aromatic heterocycles. The monoisotopic (exact) mass is 527 g/mol. The van der Waals surface area contributed by atoms with Crippen LogP contribution in [0.3, 0.4) is 0 Å². The summed E-state index contributed by atoms with van der Waals surface area (Å²) in [6, 6.07) is 5.72. The predicted octanol–water partition coefficient (Wildman–Crippen LogP) is 3.67. The van der Waals surface area contributed by atoms with E-state index in [0.717, 1.165) is 45.8 Å². The van der Waals surface area contributed by atoms with E-state index in [9.17, 15) is 0 Å². The Bertz CT molecular complexity index is 1220. The largest absolute Gasteiger partial charge is 0.489 e. The predicted molar refractivity (Wildman–Crippen MR) is 140 cm³/mol. The van der Waals surface area contributed by atoms with Gasteiger partial charge < -0.3 is 20.1 Å². The maximum absolute atomic E-state index is 8.73. The number of nitrogens with zero attached hydrogens (tertiary/aromatic N) is 5. The smallest absolute Gasteiger partial charge is 0.225 e. The number of benzene rings is 1. The lowest BCUT2D eigenvalue weighted by molar-refractivity contribution is -0.0625. The van der Waals surface area contributed by atoms with Crippen LogP contribution in [0.25, 0.3) is 0 Å². The van der Waals surface area contributed by atoms with Crippen LogP contribution in [0.2, 0.25) is 10.0 Å². The highest BCUT2D eigenvalue weighted by Crippen LogP contribution is 2.27. The second kappa shape index (κ2) is 11.0. The molecule has 3 N–H and O–H groups in total. The first-order chi connectivity index (χ1) is 17.5. The fourth-order valence-electron chi connectivity index (χ4n) is 4.28. The van der Waals surface area contributed by atoms with Crippen LogP contribution in [-0.2, 0) is 11.3 Å². The standard InChI is InChI=1S/C25H27Cl2N7O2/c26-21-11-30-12-22(27)20(21)15-36-18-2-3-23(28)19(8-18)24(29)16-9-31-25(32-10-16)34-5-1-4-33(6-7-34)17-13-35-14-17/h2-3,8-12,17,29H,1,4-7,13-15,28H2. The van der Waals surface area contributed by atoms with Crippen molar-refractivity contribution in [1.82, 2.24) is 19.9 Å². The molecule has 0 unspecified atom stereocenters. The molecule has 2 aliphatic rings. The van der Waals surface area contributed by atoms with Crippen LogP contribution in [0.5, 0.6) is 5.75 Å². The summed E-state index contributed by atoms with van der Waals surface area (Å²) in [5, 5.41) is 9.58. The Morgan fingerprint density at radius 1 is 1.06 bits per heavy atom. The van der Waals surface area contributed by atoms with E-state index in [1.54, 1.807) is 30.6 Å². The number of nitrogen functional groups attached to an aromatic ring is 1. The van der Waals surface area contributed by atoms with E-state index >= 15 is 0 Å². The van der Waals surface area contributed by atoms with Gasteiger partial charge in [0.05, 0.1) is 35.0 Å². The number of nitrogens with two attached hydrogens (primary N) is 1. The summed E-state index contributed by atoms with van der Waals surface area (Å²) in [5.41, 5.74) is 8.62. The molecule has 36 heavy (non-hydrogen) atoms. The van der Waals surface area contributed by atoms with E-state index in [2.05, 4.69) is 24.8 Å². The highest BCUT2D eigenvalue weighted by Gasteiger charge is 2.28. The van der Waals surface area contributed by atoms with Crippen molar-refractivity contribution < 1.29 is 9.47 Å². The van der Waals surface area contributed by atoms with Gasteiger partial charge in [-0.15, -0.1) is 0 Å². The minimum absolute atomic E-state index is 0.162. The van der Waals surface area contributed by atoms with Gasteiger partial charge >= 0.3 is 0 Å². The lowest BCUT2D eigenvalue weighted by Crippen LogP contribution is -2.50. The number of pyridine rings is 1. The summed E-state index contributed by atoms with van der Waals surface area (Å²) < 4.78 is 11.2. The second-order valence-electron chi connectivity index (χ2n) is 8.83. The van der Waals surface area contributed by atoms with E-state index in [-0.39, 0.29) is 12.3 Å².